The highest BCUT2D eigenvalue weighted by Crippen LogP contribution is 2.23. The molecule has 1 rings (SSSR count). The molecule has 136 valence electrons. The van der Waals surface area contributed by atoms with Crippen molar-refractivity contribution in [1.29, 1.82) is 0 Å². The van der Waals surface area contributed by atoms with Crippen LogP contribution in [0.4, 0.5) is 0 Å². The number of rotatable bonds is 14. The van der Waals surface area contributed by atoms with Gasteiger partial charge in [0.1, 0.15) is 6.17 Å². The molecular weight excluding hydrogens is 280 g/mol. The van der Waals surface area contributed by atoms with Gasteiger partial charge in [-0.15, -0.1) is 0 Å². The molecule has 2 nitrogen and oxygen atoms in total. The first-order valence-corrected chi connectivity index (χ1v) is 10.4. The molecule has 0 fully saturated rings. The van der Waals surface area contributed by atoms with E-state index in [2.05, 4.69) is 49.9 Å². The predicted octanol–water partition coefficient (Wildman–Crippen LogP) is 6.53. The third-order valence-corrected chi connectivity index (χ3v) is 5.18. The van der Waals surface area contributed by atoms with E-state index in [1.165, 1.54) is 77.0 Å². The molecule has 0 aliphatic carbocycles. The molecule has 0 aromatic carbocycles. The van der Waals surface area contributed by atoms with Gasteiger partial charge in [-0.05, 0) is 33.6 Å². The molecule has 0 aromatic heterocycles. The monoisotopic (exact) mass is 322 g/mol. The van der Waals surface area contributed by atoms with Crippen LogP contribution in [0.2, 0.25) is 0 Å². The Morgan fingerprint density at radius 3 is 1.74 bits per heavy atom. The number of nitrogens with zero attached hydrogens (tertiary/aromatic N) is 2. The standard InChI is InChI=1S/C21H42N2/c1-5-7-8-9-10-11-12-13-14-15-16-17-21-22(6-2)18-19-23(21)20(3)4/h18-21H,5-17H2,1-4H3. The highest BCUT2D eigenvalue weighted by molar-refractivity contribution is 4.97. The summed E-state index contributed by atoms with van der Waals surface area (Å²) in [5.74, 6) is 0. The summed E-state index contributed by atoms with van der Waals surface area (Å²) >= 11 is 0. The third kappa shape index (κ3) is 8.13. The highest BCUT2D eigenvalue weighted by Gasteiger charge is 2.26. The van der Waals surface area contributed by atoms with E-state index < -0.39 is 0 Å². The Labute approximate surface area is 146 Å². The van der Waals surface area contributed by atoms with Crippen molar-refractivity contribution in [1.82, 2.24) is 9.80 Å². The van der Waals surface area contributed by atoms with E-state index in [9.17, 15) is 0 Å². The Morgan fingerprint density at radius 1 is 0.739 bits per heavy atom. The molecule has 2 heteroatoms. The lowest BCUT2D eigenvalue weighted by Crippen LogP contribution is -2.41. The fourth-order valence-corrected chi connectivity index (χ4v) is 3.67. The van der Waals surface area contributed by atoms with Gasteiger partial charge in [0.25, 0.3) is 0 Å². The van der Waals surface area contributed by atoms with Crippen LogP contribution in [0.1, 0.15) is 105 Å². The van der Waals surface area contributed by atoms with E-state index >= 15 is 0 Å². The van der Waals surface area contributed by atoms with E-state index in [1.54, 1.807) is 0 Å². The zero-order valence-electron chi connectivity index (χ0n) is 16.4. The average Bonchev–Trinajstić information content (AvgIpc) is 2.95. The molecule has 0 saturated heterocycles. The molecule has 0 saturated carbocycles. The summed E-state index contributed by atoms with van der Waals surface area (Å²) in [4.78, 5) is 5.02. The number of hydrogen-bond acceptors (Lipinski definition) is 2. The van der Waals surface area contributed by atoms with Crippen LogP contribution < -0.4 is 0 Å². The number of hydrogen-bond donors (Lipinski definition) is 0. The highest BCUT2D eigenvalue weighted by atomic mass is 15.4. The van der Waals surface area contributed by atoms with E-state index in [4.69, 9.17) is 0 Å². The minimum absolute atomic E-state index is 0.610. The maximum atomic E-state index is 2.53. The van der Waals surface area contributed by atoms with Gasteiger partial charge in [-0.1, -0.05) is 71.1 Å². The maximum absolute atomic E-state index is 2.53. The Morgan fingerprint density at radius 2 is 1.26 bits per heavy atom. The second kappa shape index (κ2) is 12.7. The van der Waals surface area contributed by atoms with Crippen molar-refractivity contribution in [2.24, 2.45) is 0 Å². The zero-order valence-corrected chi connectivity index (χ0v) is 16.4. The van der Waals surface area contributed by atoms with Gasteiger partial charge in [0.05, 0.1) is 0 Å². The van der Waals surface area contributed by atoms with Crippen LogP contribution in [0.3, 0.4) is 0 Å². The maximum Gasteiger partial charge on any atom is 0.101 e. The van der Waals surface area contributed by atoms with Crippen molar-refractivity contribution in [2.45, 2.75) is 117 Å². The average molecular weight is 323 g/mol. The normalized spacial score (nSPS) is 17.7. The number of unbranched alkanes of at least 4 members (excludes halogenated alkanes) is 10. The van der Waals surface area contributed by atoms with Gasteiger partial charge < -0.3 is 9.80 Å². The lowest BCUT2D eigenvalue weighted by Gasteiger charge is -2.34. The Kier molecular flexibility index (Phi) is 11.3. The fourth-order valence-electron chi connectivity index (χ4n) is 3.67. The summed E-state index contributed by atoms with van der Waals surface area (Å²) in [5, 5.41) is 0. The van der Waals surface area contributed by atoms with Crippen molar-refractivity contribution in [2.75, 3.05) is 6.54 Å². The minimum Gasteiger partial charge on any atom is -0.356 e. The quantitative estimate of drug-likeness (QED) is 0.335. The molecule has 1 heterocycles. The van der Waals surface area contributed by atoms with Gasteiger partial charge in [0.2, 0.25) is 0 Å². The summed E-state index contributed by atoms with van der Waals surface area (Å²) in [5.41, 5.74) is 0. The first-order chi connectivity index (χ1) is 11.2. The summed E-state index contributed by atoms with van der Waals surface area (Å²) in [7, 11) is 0. The van der Waals surface area contributed by atoms with Gasteiger partial charge in [0.15, 0.2) is 0 Å². The van der Waals surface area contributed by atoms with Crippen molar-refractivity contribution in [3.63, 3.8) is 0 Å². The molecule has 0 radical (unpaired) electrons. The van der Waals surface area contributed by atoms with Gasteiger partial charge in [-0.2, -0.15) is 0 Å². The van der Waals surface area contributed by atoms with Crippen LogP contribution in [0.15, 0.2) is 12.4 Å². The van der Waals surface area contributed by atoms with Crippen LogP contribution in [-0.4, -0.2) is 28.6 Å². The predicted molar refractivity (Wildman–Crippen MR) is 103 cm³/mol. The summed E-state index contributed by atoms with van der Waals surface area (Å²) < 4.78 is 0. The third-order valence-electron chi connectivity index (χ3n) is 5.18. The molecular formula is C21H42N2. The van der Waals surface area contributed by atoms with Crippen LogP contribution in [0.25, 0.3) is 0 Å². The summed E-state index contributed by atoms with van der Waals surface area (Å²) in [6.07, 6.45) is 22.2. The first-order valence-electron chi connectivity index (χ1n) is 10.4. The molecule has 0 spiro atoms. The van der Waals surface area contributed by atoms with Crippen molar-refractivity contribution in [3.8, 4) is 0 Å². The summed E-state index contributed by atoms with van der Waals surface area (Å²) in [6, 6.07) is 0.612. The lowest BCUT2D eigenvalue weighted by molar-refractivity contribution is 0.119. The molecule has 0 N–H and O–H groups in total. The van der Waals surface area contributed by atoms with Crippen molar-refractivity contribution < 1.29 is 0 Å². The first kappa shape index (κ1) is 20.4. The smallest absolute Gasteiger partial charge is 0.101 e. The largest absolute Gasteiger partial charge is 0.356 e. The van der Waals surface area contributed by atoms with Crippen LogP contribution in [-0.2, 0) is 0 Å². The minimum atomic E-state index is 0.610. The van der Waals surface area contributed by atoms with Gasteiger partial charge in [-0.3, -0.25) is 0 Å². The van der Waals surface area contributed by atoms with Crippen molar-refractivity contribution >= 4 is 0 Å². The Balaban J connectivity index is 1.99. The molecule has 1 aliphatic rings. The van der Waals surface area contributed by atoms with E-state index in [0.717, 1.165) is 6.54 Å². The van der Waals surface area contributed by atoms with Crippen LogP contribution in [0, 0.1) is 0 Å². The van der Waals surface area contributed by atoms with Gasteiger partial charge in [-0.25, -0.2) is 0 Å². The molecule has 0 bridgehead atoms. The van der Waals surface area contributed by atoms with Crippen LogP contribution >= 0.6 is 0 Å². The van der Waals surface area contributed by atoms with Gasteiger partial charge >= 0.3 is 0 Å². The zero-order chi connectivity index (χ0) is 16.9. The van der Waals surface area contributed by atoms with Crippen molar-refractivity contribution in [3.05, 3.63) is 12.4 Å². The van der Waals surface area contributed by atoms with Gasteiger partial charge in [0, 0.05) is 25.0 Å². The fraction of sp³-hybridized carbons (Fsp3) is 0.905. The molecule has 1 unspecified atom stereocenters. The molecule has 1 aliphatic heterocycles. The Hall–Kier alpha value is -0.660. The van der Waals surface area contributed by atoms with Crippen LogP contribution in [0.5, 0.6) is 0 Å². The Bertz CT molecular complexity index is 298. The summed E-state index contributed by atoms with van der Waals surface area (Å²) in [6.45, 7) is 10.3. The second-order valence-corrected chi connectivity index (χ2v) is 7.47. The molecule has 23 heavy (non-hydrogen) atoms. The SMILES string of the molecule is CCCCCCCCCCCCCC1N(CC)C=CN1C(C)C. The molecule has 0 aromatic rings. The lowest BCUT2D eigenvalue weighted by atomic mass is 10.0. The second-order valence-electron chi connectivity index (χ2n) is 7.47. The topological polar surface area (TPSA) is 6.48 Å². The van der Waals surface area contributed by atoms with E-state index in [0.29, 0.717) is 12.2 Å². The molecule has 0 amide bonds. The van der Waals surface area contributed by atoms with E-state index in [1.807, 2.05) is 0 Å². The molecule has 1 atom stereocenters. The van der Waals surface area contributed by atoms with E-state index in [-0.39, 0.29) is 0 Å².